The molecule has 2 nitrogen and oxygen atoms in total. The SMILES string of the molecule is C=C/C(=C\C=NC)N(C)F. The second-order valence-corrected chi connectivity index (χ2v) is 1.68. The molecule has 0 aliphatic carbocycles. The zero-order chi connectivity index (χ0) is 7.98. The largest absolute Gasteiger partial charge is 0.296 e. The number of allylic oxidation sites excluding steroid dienone is 2. The molecule has 0 unspecified atom stereocenters. The lowest BCUT2D eigenvalue weighted by molar-refractivity contribution is 0.114. The summed E-state index contributed by atoms with van der Waals surface area (Å²) < 4.78 is 12.3. The zero-order valence-electron chi connectivity index (χ0n) is 6.21. The lowest BCUT2D eigenvalue weighted by atomic mass is 10.4. The van der Waals surface area contributed by atoms with Crippen LogP contribution in [0.4, 0.5) is 4.48 Å². The zero-order valence-corrected chi connectivity index (χ0v) is 6.21. The molecule has 0 aromatic carbocycles. The van der Waals surface area contributed by atoms with E-state index in [1.807, 2.05) is 0 Å². The van der Waals surface area contributed by atoms with Crippen molar-refractivity contribution in [1.29, 1.82) is 0 Å². The molecular weight excluding hydrogens is 131 g/mol. The predicted octanol–water partition coefficient (Wildman–Crippen LogP) is 1.57. The molecule has 3 heteroatoms. The predicted molar refractivity (Wildman–Crippen MR) is 41.6 cm³/mol. The molecule has 10 heavy (non-hydrogen) atoms. The summed E-state index contributed by atoms with van der Waals surface area (Å²) in [5, 5.41) is 0.481. The van der Waals surface area contributed by atoms with Crippen molar-refractivity contribution >= 4 is 6.21 Å². The maximum Gasteiger partial charge on any atom is 0.0693 e. The Morgan fingerprint density at radius 2 is 2.30 bits per heavy atom. The van der Waals surface area contributed by atoms with E-state index in [1.165, 1.54) is 25.4 Å². The molecule has 0 atom stereocenters. The van der Waals surface area contributed by atoms with Gasteiger partial charge in [0, 0.05) is 20.3 Å². The highest BCUT2D eigenvalue weighted by Gasteiger charge is 1.93. The first kappa shape index (κ1) is 8.88. The number of rotatable bonds is 3. The Hall–Kier alpha value is -1.12. The summed E-state index contributed by atoms with van der Waals surface area (Å²) in [5.41, 5.74) is 0.394. The first-order valence-corrected chi connectivity index (χ1v) is 2.86. The summed E-state index contributed by atoms with van der Waals surface area (Å²) in [6.07, 6.45) is 4.46. The van der Waals surface area contributed by atoms with Crippen LogP contribution in [0, 0.1) is 0 Å². The minimum Gasteiger partial charge on any atom is -0.296 e. The van der Waals surface area contributed by atoms with Crippen molar-refractivity contribution in [3.63, 3.8) is 0 Å². The summed E-state index contributed by atoms with van der Waals surface area (Å²) in [4.78, 5) is 3.66. The summed E-state index contributed by atoms with van der Waals surface area (Å²) in [6.45, 7) is 3.42. The van der Waals surface area contributed by atoms with Crippen LogP contribution in [0.3, 0.4) is 0 Å². The molecule has 56 valence electrons. The van der Waals surface area contributed by atoms with Crippen molar-refractivity contribution in [2.24, 2.45) is 4.99 Å². The highest BCUT2D eigenvalue weighted by Crippen LogP contribution is 2.00. The van der Waals surface area contributed by atoms with Crippen LogP contribution in [0.1, 0.15) is 0 Å². The molecule has 0 spiro atoms. The number of likely N-dealkylation sites (N-methyl/N-ethyl adjacent to an activating group) is 1. The fourth-order valence-electron chi connectivity index (χ4n) is 0.447. The van der Waals surface area contributed by atoms with Gasteiger partial charge in [-0.25, -0.2) is 5.12 Å². The molecule has 0 bridgehead atoms. The number of halogens is 1. The van der Waals surface area contributed by atoms with Gasteiger partial charge in [-0.2, -0.15) is 0 Å². The van der Waals surface area contributed by atoms with E-state index in [4.69, 9.17) is 0 Å². The van der Waals surface area contributed by atoms with Gasteiger partial charge in [0.15, 0.2) is 0 Å². The van der Waals surface area contributed by atoms with Crippen molar-refractivity contribution in [3.8, 4) is 0 Å². The van der Waals surface area contributed by atoms with Gasteiger partial charge in [-0.15, -0.1) is 4.48 Å². The maximum absolute atomic E-state index is 12.3. The first-order chi connectivity index (χ1) is 4.72. The number of hydrogen-bond donors (Lipinski definition) is 0. The lowest BCUT2D eigenvalue weighted by Gasteiger charge is -2.05. The van der Waals surface area contributed by atoms with Crippen LogP contribution in [-0.4, -0.2) is 25.4 Å². The molecule has 0 amide bonds. The van der Waals surface area contributed by atoms with Gasteiger partial charge < -0.3 is 0 Å². The normalized spacial score (nSPS) is 12.1. The average molecular weight is 142 g/mol. The van der Waals surface area contributed by atoms with Crippen LogP contribution in [0.2, 0.25) is 0 Å². The topological polar surface area (TPSA) is 15.6 Å². The molecule has 0 saturated heterocycles. The van der Waals surface area contributed by atoms with Gasteiger partial charge in [-0.1, -0.05) is 6.58 Å². The van der Waals surface area contributed by atoms with E-state index in [2.05, 4.69) is 11.6 Å². The summed E-state index contributed by atoms with van der Waals surface area (Å²) in [6, 6.07) is 0. The summed E-state index contributed by atoms with van der Waals surface area (Å²) in [5.74, 6) is 0. The molecule has 0 aliphatic heterocycles. The van der Waals surface area contributed by atoms with Gasteiger partial charge in [0.05, 0.1) is 5.70 Å². The van der Waals surface area contributed by atoms with E-state index in [-0.39, 0.29) is 0 Å². The average Bonchev–Trinajstić information content (AvgIpc) is 1.89. The lowest BCUT2D eigenvalue weighted by Crippen LogP contribution is -2.03. The van der Waals surface area contributed by atoms with Crippen molar-refractivity contribution in [3.05, 3.63) is 24.4 Å². The van der Waals surface area contributed by atoms with Crippen LogP contribution in [-0.2, 0) is 0 Å². The molecule has 0 N–H and O–H groups in total. The first-order valence-electron chi connectivity index (χ1n) is 2.86. The van der Waals surface area contributed by atoms with E-state index in [0.717, 1.165) is 0 Å². The number of hydrogen-bond acceptors (Lipinski definition) is 2. The summed E-state index contributed by atoms with van der Waals surface area (Å²) >= 11 is 0. The highest BCUT2D eigenvalue weighted by atomic mass is 19.2. The standard InChI is InChI=1S/C7H11FN2/c1-4-7(10(3)8)5-6-9-2/h4-6H,1H2,2-3H3/b7-5+,9-6?. The molecule has 0 radical (unpaired) electrons. The van der Waals surface area contributed by atoms with Crippen molar-refractivity contribution in [1.82, 2.24) is 5.12 Å². The Bertz CT molecular complexity index is 159. The second-order valence-electron chi connectivity index (χ2n) is 1.68. The van der Waals surface area contributed by atoms with Crippen LogP contribution < -0.4 is 0 Å². The smallest absolute Gasteiger partial charge is 0.0693 e. The molecule has 0 aromatic heterocycles. The monoisotopic (exact) mass is 142 g/mol. The maximum atomic E-state index is 12.3. The van der Waals surface area contributed by atoms with Gasteiger partial charge in [0.2, 0.25) is 0 Å². The van der Waals surface area contributed by atoms with Gasteiger partial charge >= 0.3 is 0 Å². The van der Waals surface area contributed by atoms with Gasteiger partial charge in [0.1, 0.15) is 0 Å². The van der Waals surface area contributed by atoms with Crippen LogP contribution in [0.5, 0.6) is 0 Å². The third-order valence-corrected chi connectivity index (χ3v) is 0.959. The molecule has 0 rings (SSSR count). The third-order valence-electron chi connectivity index (χ3n) is 0.959. The van der Waals surface area contributed by atoms with Crippen LogP contribution >= 0.6 is 0 Å². The van der Waals surface area contributed by atoms with Crippen molar-refractivity contribution in [2.45, 2.75) is 0 Å². The van der Waals surface area contributed by atoms with Gasteiger partial charge in [0.25, 0.3) is 0 Å². The Kier molecular flexibility index (Phi) is 4.20. The van der Waals surface area contributed by atoms with E-state index in [1.54, 1.807) is 7.05 Å². The molecule has 0 aromatic rings. The molecule has 0 heterocycles. The van der Waals surface area contributed by atoms with Gasteiger partial charge in [-0.3, -0.25) is 4.99 Å². The van der Waals surface area contributed by atoms with E-state index in [0.29, 0.717) is 10.8 Å². The number of nitrogens with zero attached hydrogens (tertiary/aromatic N) is 2. The van der Waals surface area contributed by atoms with E-state index < -0.39 is 0 Å². The minimum atomic E-state index is 0.394. The summed E-state index contributed by atoms with van der Waals surface area (Å²) in [7, 11) is 2.92. The Morgan fingerprint density at radius 1 is 1.70 bits per heavy atom. The van der Waals surface area contributed by atoms with E-state index >= 15 is 0 Å². The van der Waals surface area contributed by atoms with E-state index in [9.17, 15) is 4.48 Å². The quantitative estimate of drug-likeness (QED) is 0.332. The van der Waals surface area contributed by atoms with Gasteiger partial charge in [-0.05, 0) is 12.2 Å². The Morgan fingerprint density at radius 3 is 2.60 bits per heavy atom. The molecule has 0 aliphatic rings. The van der Waals surface area contributed by atoms with Crippen LogP contribution in [0.25, 0.3) is 0 Å². The Balaban J connectivity index is 4.18. The molecule has 0 fully saturated rings. The van der Waals surface area contributed by atoms with Crippen LogP contribution in [0.15, 0.2) is 29.4 Å². The second kappa shape index (κ2) is 4.73. The fourth-order valence-corrected chi connectivity index (χ4v) is 0.447. The molecular formula is C7H11FN2. The third kappa shape index (κ3) is 3.02. The number of aliphatic imine (C=N–C) groups is 1. The fraction of sp³-hybridized carbons (Fsp3) is 0.286. The highest BCUT2D eigenvalue weighted by molar-refractivity contribution is 5.72. The van der Waals surface area contributed by atoms with Crippen molar-refractivity contribution in [2.75, 3.05) is 14.1 Å². The van der Waals surface area contributed by atoms with Crippen molar-refractivity contribution < 1.29 is 4.48 Å². The minimum absolute atomic E-state index is 0.394. The molecule has 0 saturated carbocycles. The Labute approximate surface area is 60.3 Å².